The van der Waals surface area contributed by atoms with Gasteiger partial charge < -0.3 is 0 Å². The zero-order chi connectivity index (χ0) is 15.5. The van der Waals surface area contributed by atoms with Crippen molar-refractivity contribution in [1.29, 1.82) is 0 Å². The van der Waals surface area contributed by atoms with Gasteiger partial charge in [-0.1, -0.05) is 56.3 Å². The lowest BCUT2D eigenvalue weighted by Crippen LogP contribution is -2.05. The molecule has 0 saturated heterocycles. The molecule has 0 bridgehead atoms. The molecular weight excluding hydrogens is 272 g/mol. The first-order valence-electron chi connectivity index (χ1n) is 7.50. The van der Waals surface area contributed by atoms with Gasteiger partial charge in [0.25, 0.3) is 0 Å². The fraction of sp³-hybridized carbons (Fsp3) is 0.200. The molecule has 0 nitrogen and oxygen atoms in total. The van der Waals surface area contributed by atoms with Crippen LogP contribution in [0.2, 0.25) is 0 Å². The van der Waals surface area contributed by atoms with Crippen molar-refractivity contribution in [2.75, 3.05) is 0 Å². The largest absolute Gasteiger partial charge is 0.166 e. The fourth-order valence-corrected chi connectivity index (χ4v) is 4.15. The Morgan fingerprint density at radius 2 is 1.19 bits per heavy atom. The second-order valence-electron chi connectivity index (χ2n) is 4.12. The van der Waals surface area contributed by atoms with Crippen molar-refractivity contribution in [2.24, 2.45) is 0 Å². The molecule has 0 spiro atoms. The van der Waals surface area contributed by atoms with Crippen molar-refractivity contribution in [1.82, 2.24) is 0 Å². The van der Waals surface area contributed by atoms with Gasteiger partial charge in [-0.05, 0) is 50.3 Å². The van der Waals surface area contributed by atoms with Gasteiger partial charge in [-0.3, -0.25) is 0 Å². The van der Waals surface area contributed by atoms with Crippen LogP contribution in [0.4, 0.5) is 0 Å². The van der Waals surface area contributed by atoms with Gasteiger partial charge in [-0.25, -0.2) is 0 Å². The molecule has 0 heterocycles. The van der Waals surface area contributed by atoms with Gasteiger partial charge >= 0.3 is 0 Å². The summed E-state index contributed by atoms with van der Waals surface area (Å²) in [6.45, 7) is 8.18. The first kappa shape index (κ1) is 17.3. The van der Waals surface area contributed by atoms with E-state index in [4.69, 9.17) is 0 Å². The van der Waals surface area contributed by atoms with Gasteiger partial charge in [0.2, 0.25) is 0 Å². The van der Waals surface area contributed by atoms with Crippen LogP contribution in [0.1, 0.15) is 27.7 Å². The smallest absolute Gasteiger partial charge is 0.0827 e. The van der Waals surface area contributed by atoms with Crippen molar-refractivity contribution in [3.63, 3.8) is 0 Å². The third-order valence-corrected chi connectivity index (χ3v) is 5.14. The maximum absolute atomic E-state index is 2.21. The normalized spacial score (nSPS) is 11.4. The van der Waals surface area contributed by atoms with E-state index < -0.39 is 0 Å². The van der Waals surface area contributed by atoms with E-state index in [9.17, 15) is 0 Å². The Bertz CT molecular complexity index is 513. The monoisotopic (exact) mass is 297 g/mol. The fourth-order valence-electron chi connectivity index (χ4n) is 1.97. The molecule has 0 fully saturated rings. The van der Waals surface area contributed by atoms with Crippen LogP contribution in [0.15, 0.2) is 93.6 Å². The highest BCUT2D eigenvalue weighted by Crippen LogP contribution is 2.30. The highest BCUT2D eigenvalue weighted by molar-refractivity contribution is 8.00. The molecule has 2 rings (SSSR count). The summed E-state index contributed by atoms with van der Waals surface area (Å²) in [7, 11) is -0.0146. The Kier molecular flexibility index (Phi) is 8.30. The molecule has 0 aromatic heterocycles. The van der Waals surface area contributed by atoms with Crippen LogP contribution in [-0.2, 0) is 10.9 Å². The Hall–Kier alpha value is -1.73. The topological polar surface area (TPSA) is 0 Å². The second-order valence-corrected chi connectivity index (χ2v) is 6.15. The van der Waals surface area contributed by atoms with Crippen molar-refractivity contribution in [3.8, 4) is 0 Å². The quantitative estimate of drug-likeness (QED) is 0.463. The molecule has 0 aliphatic heterocycles. The average Bonchev–Trinajstić information content (AvgIpc) is 2.58. The number of hydrogen-bond acceptors (Lipinski definition) is 0. The summed E-state index contributed by atoms with van der Waals surface area (Å²) in [5.41, 5.74) is 0. The van der Waals surface area contributed by atoms with Gasteiger partial charge in [0.05, 0.1) is 10.9 Å². The molecule has 0 amide bonds. The molecular formula is C20H25S+. The lowest BCUT2D eigenvalue weighted by Gasteiger charge is -2.08. The maximum atomic E-state index is 2.21. The van der Waals surface area contributed by atoms with E-state index in [2.05, 4.69) is 92.7 Å². The molecule has 0 atom stereocenters. The molecule has 0 N–H and O–H groups in total. The van der Waals surface area contributed by atoms with E-state index in [-0.39, 0.29) is 10.9 Å². The molecule has 21 heavy (non-hydrogen) atoms. The van der Waals surface area contributed by atoms with Crippen LogP contribution in [0.5, 0.6) is 0 Å². The molecule has 0 aliphatic carbocycles. The summed E-state index contributed by atoms with van der Waals surface area (Å²) in [5.74, 6) is 0. The third-order valence-electron chi connectivity index (χ3n) is 2.81. The Labute approximate surface area is 132 Å². The lowest BCUT2D eigenvalue weighted by atomic mass is 10.4. The molecule has 0 radical (unpaired) electrons. The van der Waals surface area contributed by atoms with E-state index in [1.165, 1.54) is 14.7 Å². The van der Waals surface area contributed by atoms with Crippen LogP contribution in [-0.4, -0.2) is 0 Å². The predicted molar refractivity (Wildman–Crippen MR) is 96.7 cm³/mol. The highest BCUT2D eigenvalue weighted by Gasteiger charge is 2.28. The Balaban J connectivity index is 0.00000106. The summed E-state index contributed by atoms with van der Waals surface area (Å²) >= 11 is 0. The van der Waals surface area contributed by atoms with Crippen LogP contribution in [0.25, 0.3) is 0 Å². The van der Waals surface area contributed by atoms with Crippen molar-refractivity contribution in [3.05, 3.63) is 83.8 Å². The molecule has 0 unspecified atom stereocenters. The summed E-state index contributed by atoms with van der Waals surface area (Å²) < 4.78 is 0. The van der Waals surface area contributed by atoms with Crippen molar-refractivity contribution < 1.29 is 0 Å². The minimum absolute atomic E-state index is 0.0146. The summed E-state index contributed by atoms with van der Waals surface area (Å²) in [4.78, 5) is 4.08. The first-order chi connectivity index (χ1) is 10.4. The minimum atomic E-state index is -0.0146. The van der Waals surface area contributed by atoms with E-state index in [0.29, 0.717) is 0 Å². The SMILES string of the molecule is C/C=C\C(=C/C)[S+](c1ccccc1)c1ccccc1.CC. The number of rotatable bonds is 4. The van der Waals surface area contributed by atoms with E-state index in [0.717, 1.165) is 0 Å². The molecule has 0 saturated carbocycles. The van der Waals surface area contributed by atoms with Gasteiger partial charge in [0, 0.05) is 0 Å². The van der Waals surface area contributed by atoms with Gasteiger partial charge in [-0.15, -0.1) is 0 Å². The molecule has 2 aromatic rings. The minimum Gasteiger partial charge on any atom is -0.0827 e. The highest BCUT2D eigenvalue weighted by atomic mass is 32.2. The van der Waals surface area contributed by atoms with Crippen LogP contribution < -0.4 is 0 Å². The standard InChI is InChI=1S/C18H19S.C2H6/c1-3-11-16(4-2)19(17-12-7-5-8-13-17)18-14-9-6-10-15-18;1-2/h3-15H,1-2H3;1-2H3/q+1;/b11-3-,16-4+;. The van der Waals surface area contributed by atoms with Gasteiger partial charge in [0.15, 0.2) is 14.7 Å². The first-order valence-corrected chi connectivity index (χ1v) is 8.72. The van der Waals surface area contributed by atoms with E-state index >= 15 is 0 Å². The summed E-state index contributed by atoms with van der Waals surface area (Å²) in [6.07, 6.45) is 6.54. The van der Waals surface area contributed by atoms with E-state index in [1.807, 2.05) is 13.8 Å². The van der Waals surface area contributed by atoms with Gasteiger partial charge in [-0.2, -0.15) is 0 Å². The summed E-state index contributed by atoms with van der Waals surface area (Å²) in [6, 6.07) is 21.4. The Morgan fingerprint density at radius 1 is 0.762 bits per heavy atom. The van der Waals surface area contributed by atoms with Crippen LogP contribution >= 0.6 is 0 Å². The zero-order valence-electron chi connectivity index (χ0n) is 13.4. The predicted octanol–water partition coefficient (Wildman–Crippen LogP) is 6.23. The van der Waals surface area contributed by atoms with Crippen LogP contribution in [0.3, 0.4) is 0 Å². The van der Waals surface area contributed by atoms with Crippen molar-refractivity contribution >= 4 is 10.9 Å². The molecule has 2 aromatic carbocycles. The maximum Gasteiger partial charge on any atom is 0.166 e. The van der Waals surface area contributed by atoms with E-state index in [1.54, 1.807) is 0 Å². The number of hydrogen-bond donors (Lipinski definition) is 0. The third kappa shape index (κ3) is 4.95. The molecule has 0 aliphatic rings. The zero-order valence-corrected chi connectivity index (χ0v) is 14.2. The lowest BCUT2D eigenvalue weighted by molar-refractivity contribution is 1.37. The van der Waals surface area contributed by atoms with Crippen LogP contribution in [0, 0.1) is 0 Å². The number of allylic oxidation sites excluding steroid dienone is 3. The molecule has 110 valence electrons. The summed E-state index contributed by atoms with van der Waals surface area (Å²) in [5, 5.41) is 0. The number of benzene rings is 2. The second kappa shape index (κ2) is 10.1. The molecule has 1 heteroatoms. The Morgan fingerprint density at radius 3 is 1.52 bits per heavy atom. The van der Waals surface area contributed by atoms with Gasteiger partial charge in [0.1, 0.15) is 0 Å². The average molecular weight is 297 g/mol. The van der Waals surface area contributed by atoms with Crippen molar-refractivity contribution in [2.45, 2.75) is 37.5 Å².